The van der Waals surface area contributed by atoms with Gasteiger partial charge in [-0.25, -0.2) is 9.37 Å². The van der Waals surface area contributed by atoms with Gasteiger partial charge >= 0.3 is 0 Å². The molecule has 2 aromatic rings. The van der Waals surface area contributed by atoms with E-state index in [1.165, 1.54) is 12.3 Å². The van der Waals surface area contributed by atoms with Crippen molar-refractivity contribution in [1.82, 2.24) is 9.88 Å². The zero-order chi connectivity index (χ0) is 16.2. The minimum Gasteiger partial charge on any atom is -0.441 e. The maximum absolute atomic E-state index is 13.7. The molecule has 0 radical (unpaired) electrons. The van der Waals surface area contributed by atoms with Crippen molar-refractivity contribution in [3.63, 3.8) is 0 Å². The standard InChI is InChI=1S/C18H21FN2O2/c1-13-8-10-21(11-9-13)18(22)7-6-17-20-12-16(23-17)14-4-2-3-5-15(14)19/h2-5,12-13H,6-11H2,1H3. The Morgan fingerprint density at radius 3 is 2.83 bits per heavy atom. The summed E-state index contributed by atoms with van der Waals surface area (Å²) in [6, 6.07) is 6.42. The van der Waals surface area contributed by atoms with Crippen molar-refractivity contribution in [1.29, 1.82) is 0 Å². The van der Waals surface area contributed by atoms with Gasteiger partial charge in [-0.15, -0.1) is 0 Å². The maximum atomic E-state index is 13.7. The molecule has 0 bridgehead atoms. The van der Waals surface area contributed by atoms with E-state index >= 15 is 0 Å². The van der Waals surface area contributed by atoms with Gasteiger partial charge in [-0.1, -0.05) is 19.1 Å². The van der Waals surface area contributed by atoms with Crippen molar-refractivity contribution in [3.8, 4) is 11.3 Å². The van der Waals surface area contributed by atoms with Crippen LogP contribution in [-0.2, 0) is 11.2 Å². The number of aromatic nitrogens is 1. The molecule has 0 saturated carbocycles. The number of aryl methyl sites for hydroxylation is 1. The molecular formula is C18H21FN2O2. The normalized spacial score (nSPS) is 15.8. The molecule has 4 nitrogen and oxygen atoms in total. The number of oxazole rings is 1. The van der Waals surface area contributed by atoms with Crippen LogP contribution in [0.25, 0.3) is 11.3 Å². The summed E-state index contributed by atoms with van der Waals surface area (Å²) in [4.78, 5) is 18.3. The van der Waals surface area contributed by atoms with E-state index in [1.807, 2.05) is 4.90 Å². The Kier molecular flexibility index (Phi) is 4.74. The van der Waals surface area contributed by atoms with Crippen molar-refractivity contribution in [2.45, 2.75) is 32.6 Å². The molecule has 0 spiro atoms. The first-order chi connectivity index (χ1) is 11.1. The molecule has 0 aliphatic carbocycles. The fourth-order valence-corrected chi connectivity index (χ4v) is 2.84. The molecule has 1 fully saturated rings. The summed E-state index contributed by atoms with van der Waals surface area (Å²) in [6.45, 7) is 3.90. The minimum absolute atomic E-state index is 0.141. The number of benzene rings is 1. The Bertz CT molecular complexity index is 675. The third-order valence-corrected chi connectivity index (χ3v) is 4.38. The third-order valence-electron chi connectivity index (χ3n) is 4.38. The van der Waals surface area contributed by atoms with Crippen LogP contribution >= 0.6 is 0 Å². The smallest absolute Gasteiger partial charge is 0.223 e. The van der Waals surface area contributed by atoms with Crippen molar-refractivity contribution in [3.05, 3.63) is 42.2 Å². The highest BCUT2D eigenvalue weighted by molar-refractivity contribution is 5.76. The average Bonchev–Trinajstić information content (AvgIpc) is 3.02. The van der Waals surface area contributed by atoms with Crippen LogP contribution in [0.1, 0.15) is 32.1 Å². The molecule has 0 unspecified atom stereocenters. The zero-order valence-corrected chi connectivity index (χ0v) is 13.3. The van der Waals surface area contributed by atoms with Gasteiger partial charge in [0.25, 0.3) is 0 Å². The van der Waals surface area contributed by atoms with E-state index in [1.54, 1.807) is 18.2 Å². The predicted molar refractivity (Wildman–Crippen MR) is 85.2 cm³/mol. The Balaban J connectivity index is 1.57. The second-order valence-electron chi connectivity index (χ2n) is 6.16. The first-order valence-electron chi connectivity index (χ1n) is 8.11. The molecule has 0 atom stereocenters. The van der Waals surface area contributed by atoms with E-state index in [9.17, 15) is 9.18 Å². The van der Waals surface area contributed by atoms with Gasteiger partial charge in [-0.2, -0.15) is 0 Å². The number of likely N-dealkylation sites (tertiary alicyclic amines) is 1. The topological polar surface area (TPSA) is 46.3 Å². The fraction of sp³-hybridized carbons (Fsp3) is 0.444. The van der Waals surface area contributed by atoms with Crippen molar-refractivity contribution >= 4 is 5.91 Å². The van der Waals surface area contributed by atoms with Crippen molar-refractivity contribution in [2.24, 2.45) is 5.92 Å². The summed E-state index contributed by atoms with van der Waals surface area (Å²) in [6.07, 6.45) is 4.48. The van der Waals surface area contributed by atoms with E-state index in [0.717, 1.165) is 25.9 Å². The highest BCUT2D eigenvalue weighted by Crippen LogP contribution is 2.24. The van der Waals surface area contributed by atoms with Crippen LogP contribution in [0.15, 0.2) is 34.9 Å². The van der Waals surface area contributed by atoms with Gasteiger partial charge in [0, 0.05) is 25.9 Å². The lowest BCUT2D eigenvalue weighted by Gasteiger charge is -2.30. The van der Waals surface area contributed by atoms with E-state index in [-0.39, 0.29) is 11.7 Å². The Hall–Kier alpha value is -2.17. The van der Waals surface area contributed by atoms with Crippen LogP contribution < -0.4 is 0 Å². The van der Waals surface area contributed by atoms with Gasteiger partial charge in [0.1, 0.15) is 5.82 Å². The number of amides is 1. The largest absolute Gasteiger partial charge is 0.441 e. The summed E-state index contributed by atoms with van der Waals surface area (Å²) in [5.74, 6) is 1.38. The van der Waals surface area contributed by atoms with E-state index < -0.39 is 0 Å². The first kappa shape index (κ1) is 15.7. The molecule has 23 heavy (non-hydrogen) atoms. The van der Waals surface area contributed by atoms with Gasteiger partial charge in [0.05, 0.1) is 11.8 Å². The molecule has 3 rings (SSSR count). The predicted octanol–water partition coefficient (Wildman–Crippen LogP) is 3.67. The first-order valence-corrected chi connectivity index (χ1v) is 8.11. The van der Waals surface area contributed by atoms with Crippen LogP contribution in [-0.4, -0.2) is 28.9 Å². The van der Waals surface area contributed by atoms with E-state index in [4.69, 9.17) is 4.42 Å². The Labute approximate surface area is 135 Å². The van der Waals surface area contributed by atoms with Gasteiger partial charge in [-0.3, -0.25) is 4.79 Å². The van der Waals surface area contributed by atoms with E-state index in [0.29, 0.717) is 36.0 Å². The van der Waals surface area contributed by atoms with Crippen molar-refractivity contribution < 1.29 is 13.6 Å². The SMILES string of the molecule is CC1CCN(C(=O)CCc2ncc(-c3ccccc3F)o2)CC1. The van der Waals surface area contributed by atoms with Crippen LogP contribution in [0.5, 0.6) is 0 Å². The second-order valence-corrected chi connectivity index (χ2v) is 6.16. The molecule has 0 N–H and O–H groups in total. The summed E-state index contributed by atoms with van der Waals surface area (Å²) < 4.78 is 19.3. The molecule has 1 aliphatic heterocycles. The average molecular weight is 316 g/mol. The summed E-state index contributed by atoms with van der Waals surface area (Å²) >= 11 is 0. The van der Waals surface area contributed by atoms with Crippen LogP contribution in [0, 0.1) is 11.7 Å². The summed E-state index contributed by atoms with van der Waals surface area (Å²) in [5, 5.41) is 0. The van der Waals surface area contributed by atoms with Gasteiger partial charge in [-0.05, 0) is 30.9 Å². The number of hydrogen-bond donors (Lipinski definition) is 0. The van der Waals surface area contributed by atoms with Gasteiger partial charge in [0.2, 0.25) is 5.91 Å². The molecule has 1 amide bonds. The lowest BCUT2D eigenvalue weighted by molar-refractivity contribution is -0.132. The lowest BCUT2D eigenvalue weighted by Crippen LogP contribution is -2.38. The molecule has 1 aromatic carbocycles. The third kappa shape index (κ3) is 3.78. The number of hydrogen-bond acceptors (Lipinski definition) is 3. The second kappa shape index (κ2) is 6.94. The molecule has 2 heterocycles. The van der Waals surface area contributed by atoms with Crippen LogP contribution in [0.3, 0.4) is 0 Å². The molecule has 122 valence electrons. The van der Waals surface area contributed by atoms with Gasteiger partial charge < -0.3 is 9.32 Å². The summed E-state index contributed by atoms with van der Waals surface area (Å²) in [7, 11) is 0. The molecule has 1 saturated heterocycles. The van der Waals surface area contributed by atoms with Crippen LogP contribution in [0.4, 0.5) is 4.39 Å². The molecular weight excluding hydrogens is 295 g/mol. The number of carbonyl (C=O) groups is 1. The maximum Gasteiger partial charge on any atom is 0.223 e. The number of piperidine rings is 1. The Morgan fingerprint density at radius 1 is 1.35 bits per heavy atom. The zero-order valence-electron chi connectivity index (χ0n) is 13.3. The van der Waals surface area contributed by atoms with Gasteiger partial charge in [0.15, 0.2) is 11.7 Å². The highest BCUT2D eigenvalue weighted by Gasteiger charge is 2.20. The minimum atomic E-state index is -0.339. The molecule has 5 heteroatoms. The fourth-order valence-electron chi connectivity index (χ4n) is 2.84. The number of carbonyl (C=O) groups excluding carboxylic acids is 1. The molecule has 1 aromatic heterocycles. The monoisotopic (exact) mass is 316 g/mol. The Morgan fingerprint density at radius 2 is 2.09 bits per heavy atom. The van der Waals surface area contributed by atoms with Crippen molar-refractivity contribution in [2.75, 3.05) is 13.1 Å². The summed E-state index contributed by atoms with van der Waals surface area (Å²) in [5.41, 5.74) is 0.391. The van der Waals surface area contributed by atoms with E-state index in [2.05, 4.69) is 11.9 Å². The quantitative estimate of drug-likeness (QED) is 0.864. The number of rotatable bonds is 4. The number of nitrogens with zero attached hydrogens (tertiary/aromatic N) is 2. The molecule has 1 aliphatic rings. The highest BCUT2D eigenvalue weighted by atomic mass is 19.1. The van der Waals surface area contributed by atoms with Crippen LogP contribution in [0.2, 0.25) is 0 Å². The number of halogens is 1. The lowest BCUT2D eigenvalue weighted by atomic mass is 9.99.